The Kier molecular flexibility index (Phi) is 2.67. The van der Waals surface area contributed by atoms with E-state index in [1.807, 2.05) is 18.2 Å². The average Bonchev–Trinajstić information content (AvgIpc) is 2.90. The second kappa shape index (κ2) is 4.24. The number of nitrogens with zero attached hydrogens (tertiary/aromatic N) is 1. The summed E-state index contributed by atoms with van der Waals surface area (Å²) in [5.41, 5.74) is 2.10. The van der Waals surface area contributed by atoms with Crippen molar-refractivity contribution >= 4 is 44.8 Å². The van der Waals surface area contributed by atoms with Crippen LogP contribution >= 0.6 is 15.9 Å². The van der Waals surface area contributed by atoms with Gasteiger partial charge in [0.15, 0.2) is 0 Å². The van der Waals surface area contributed by atoms with E-state index in [-0.39, 0.29) is 11.6 Å². The highest BCUT2D eigenvalue weighted by Gasteiger charge is 2.30. The molecule has 1 aromatic heterocycles. The first-order valence-corrected chi connectivity index (χ1v) is 6.43. The standard InChI is InChI=1S/C13H10BrN3O2/c1-17-12(18)10(16-13(17)19)5-7-6-15-11-8(7)3-2-4-9(11)14/h2-6,15H,1H3,(H,16,19). The molecule has 19 heavy (non-hydrogen) atoms. The Labute approximate surface area is 117 Å². The van der Waals surface area contributed by atoms with Crippen molar-refractivity contribution in [2.75, 3.05) is 7.05 Å². The molecule has 5 nitrogen and oxygen atoms in total. The van der Waals surface area contributed by atoms with Crippen LogP contribution in [0.3, 0.4) is 0 Å². The summed E-state index contributed by atoms with van der Waals surface area (Å²) in [6.07, 6.45) is 3.48. The van der Waals surface area contributed by atoms with Crippen molar-refractivity contribution in [3.63, 3.8) is 0 Å². The number of H-pyrrole nitrogens is 1. The summed E-state index contributed by atoms with van der Waals surface area (Å²) >= 11 is 3.46. The highest BCUT2D eigenvalue weighted by atomic mass is 79.9. The molecule has 0 saturated carbocycles. The summed E-state index contributed by atoms with van der Waals surface area (Å²) in [5, 5.41) is 3.53. The highest BCUT2D eigenvalue weighted by Crippen LogP contribution is 2.27. The molecule has 6 heteroatoms. The quantitative estimate of drug-likeness (QED) is 0.626. The molecule has 0 unspecified atom stereocenters. The Morgan fingerprint density at radius 2 is 2.11 bits per heavy atom. The molecule has 1 aliphatic heterocycles. The first kappa shape index (κ1) is 12.0. The third-order valence-electron chi connectivity index (χ3n) is 3.08. The van der Waals surface area contributed by atoms with Crippen molar-refractivity contribution in [1.29, 1.82) is 0 Å². The number of hydrogen-bond acceptors (Lipinski definition) is 2. The number of rotatable bonds is 1. The number of carbonyl (C=O) groups excluding carboxylic acids is 2. The van der Waals surface area contributed by atoms with Crippen LogP contribution in [0.4, 0.5) is 4.79 Å². The summed E-state index contributed by atoms with van der Waals surface area (Å²) in [4.78, 5) is 27.4. The zero-order valence-corrected chi connectivity index (χ0v) is 11.6. The van der Waals surface area contributed by atoms with E-state index in [4.69, 9.17) is 0 Å². The monoisotopic (exact) mass is 319 g/mol. The normalized spacial score (nSPS) is 17.6. The van der Waals surface area contributed by atoms with Crippen LogP contribution in [-0.4, -0.2) is 28.9 Å². The summed E-state index contributed by atoms with van der Waals surface area (Å²) in [7, 11) is 1.45. The second-order valence-corrected chi connectivity index (χ2v) is 5.11. The number of halogens is 1. The number of benzene rings is 1. The maximum Gasteiger partial charge on any atom is 0.328 e. The van der Waals surface area contributed by atoms with E-state index in [2.05, 4.69) is 26.2 Å². The minimum atomic E-state index is -0.405. The predicted octanol–water partition coefficient (Wildman–Crippen LogP) is 2.45. The lowest BCUT2D eigenvalue weighted by molar-refractivity contribution is -0.121. The van der Waals surface area contributed by atoms with Gasteiger partial charge < -0.3 is 10.3 Å². The third kappa shape index (κ3) is 1.84. The van der Waals surface area contributed by atoms with Crippen molar-refractivity contribution in [1.82, 2.24) is 15.2 Å². The number of carbonyl (C=O) groups is 2. The van der Waals surface area contributed by atoms with Crippen LogP contribution in [0.5, 0.6) is 0 Å². The van der Waals surface area contributed by atoms with Gasteiger partial charge in [-0.25, -0.2) is 4.79 Å². The van der Waals surface area contributed by atoms with Gasteiger partial charge in [-0.05, 0) is 28.1 Å². The van der Waals surface area contributed by atoms with Crippen molar-refractivity contribution in [3.05, 3.63) is 40.1 Å². The van der Waals surface area contributed by atoms with Gasteiger partial charge in [-0.3, -0.25) is 9.69 Å². The highest BCUT2D eigenvalue weighted by molar-refractivity contribution is 9.10. The maximum atomic E-state index is 11.8. The molecule has 2 aromatic rings. The molecule has 3 amide bonds. The molecular formula is C13H10BrN3O2. The Morgan fingerprint density at radius 3 is 2.79 bits per heavy atom. The number of hydrogen-bond donors (Lipinski definition) is 2. The SMILES string of the molecule is CN1C(=O)NC(=Cc2c[nH]c3c(Br)cccc23)C1=O. The second-order valence-electron chi connectivity index (χ2n) is 4.26. The fraction of sp³-hybridized carbons (Fsp3) is 0.0769. The number of nitrogens with one attached hydrogen (secondary N) is 2. The van der Waals surface area contributed by atoms with E-state index < -0.39 is 6.03 Å². The summed E-state index contributed by atoms with van der Waals surface area (Å²) in [6, 6.07) is 5.40. The van der Waals surface area contributed by atoms with Crippen LogP contribution in [-0.2, 0) is 4.79 Å². The van der Waals surface area contributed by atoms with Gasteiger partial charge in [0.05, 0.1) is 5.52 Å². The van der Waals surface area contributed by atoms with Crippen molar-refractivity contribution in [3.8, 4) is 0 Å². The zero-order chi connectivity index (χ0) is 13.6. The van der Waals surface area contributed by atoms with Gasteiger partial charge in [0.1, 0.15) is 5.70 Å². The van der Waals surface area contributed by atoms with Gasteiger partial charge >= 0.3 is 6.03 Å². The minimum Gasteiger partial charge on any atom is -0.360 e. The van der Waals surface area contributed by atoms with E-state index in [0.717, 1.165) is 25.8 Å². The summed E-state index contributed by atoms with van der Waals surface area (Å²) in [5.74, 6) is -0.325. The molecule has 1 aliphatic rings. The van der Waals surface area contributed by atoms with Crippen molar-refractivity contribution in [2.24, 2.45) is 0 Å². The number of fused-ring (bicyclic) bond motifs is 1. The summed E-state index contributed by atoms with van der Waals surface area (Å²) < 4.78 is 0.952. The number of amides is 3. The number of para-hydroxylation sites is 1. The number of aromatic amines is 1. The van der Waals surface area contributed by atoms with Crippen LogP contribution in [0.15, 0.2) is 34.6 Å². The largest absolute Gasteiger partial charge is 0.360 e. The average molecular weight is 320 g/mol. The van der Waals surface area contributed by atoms with Crippen LogP contribution in [0.2, 0.25) is 0 Å². The number of imide groups is 1. The van der Waals surface area contributed by atoms with E-state index in [1.165, 1.54) is 7.05 Å². The number of likely N-dealkylation sites (N-methyl/N-ethyl adjacent to an activating group) is 1. The topological polar surface area (TPSA) is 65.2 Å². The lowest BCUT2D eigenvalue weighted by Gasteiger charge is -1.99. The number of aromatic nitrogens is 1. The van der Waals surface area contributed by atoms with E-state index in [1.54, 1.807) is 12.3 Å². The van der Waals surface area contributed by atoms with Crippen molar-refractivity contribution < 1.29 is 9.59 Å². The number of urea groups is 1. The first-order chi connectivity index (χ1) is 9.08. The third-order valence-corrected chi connectivity index (χ3v) is 3.74. The molecule has 0 radical (unpaired) electrons. The van der Waals surface area contributed by atoms with Crippen molar-refractivity contribution in [2.45, 2.75) is 0 Å². The van der Waals surface area contributed by atoms with Crippen LogP contribution in [0, 0.1) is 0 Å². The lowest BCUT2D eigenvalue weighted by Crippen LogP contribution is -2.25. The van der Waals surface area contributed by atoms with Gasteiger partial charge in [-0.1, -0.05) is 12.1 Å². The van der Waals surface area contributed by atoms with E-state index >= 15 is 0 Å². The van der Waals surface area contributed by atoms with E-state index in [9.17, 15) is 9.59 Å². The molecular weight excluding hydrogens is 310 g/mol. The Hall–Kier alpha value is -2.08. The van der Waals surface area contributed by atoms with Gasteiger partial charge in [0.2, 0.25) is 0 Å². The fourth-order valence-electron chi connectivity index (χ4n) is 2.04. The molecule has 2 N–H and O–H groups in total. The first-order valence-electron chi connectivity index (χ1n) is 5.64. The van der Waals surface area contributed by atoms with Gasteiger partial charge in [-0.15, -0.1) is 0 Å². The zero-order valence-electron chi connectivity index (χ0n) is 10.0. The molecule has 1 aromatic carbocycles. The minimum absolute atomic E-state index is 0.286. The van der Waals surface area contributed by atoms with Gasteiger partial charge in [0.25, 0.3) is 5.91 Å². The van der Waals surface area contributed by atoms with E-state index in [0.29, 0.717) is 0 Å². The molecule has 0 bridgehead atoms. The summed E-state index contributed by atoms with van der Waals surface area (Å²) in [6.45, 7) is 0. The van der Waals surface area contributed by atoms with Crippen LogP contribution in [0.25, 0.3) is 17.0 Å². The van der Waals surface area contributed by atoms with Gasteiger partial charge in [0, 0.05) is 28.7 Å². The Bertz CT molecular complexity index is 733. The Balaban J connectivity index is 2.10. The predicted molar refractivity (Wildman–Crippen MR) is 75.3 cm³/mol. The van der Waals surface area contributed by atoms with Crippen LogP contribution < -0.4 is 5.32 Å². The van der Waals surface area contributed by atoms with Gasteiger partial charge in [-0.2, -0.15) is 0 Å². The molecule has 96 valence electrons. The molecule has 1 fully saturated rings. The molecule has 0 atom stereocenters. The molecule has 0 spiro atoms. The maximum absolute atomic E-state index is 11.8. The molecule has 1 saturated heterocycles. The Morgan fingerprint density at radius 1 is 1.32 bits per heavy atom. The molecule has 3 rings (SSSR count). The molecule has 0 aliphatic carbocycles. The molecule has 2 heterocycles. The smallest absolute Gasteiger partial charge is 0.328 e. The lowest BCUT2D eigenvalue weighted by atomic mass is 10.1. The van der Waals surface area contributed by atoms with Crippen LogP contribution in [0.1, 0.15) is 5.56 Å². The fourth-order valence-corrected chi connectivity index (χ4v) is 2.52.